The molecule has 0 aromatic heterocycles. The Kier molecular flexibility index (Phi) is 4.97. The molecule has 0 unspecified atom stereocenters. The molecule has 160 valence electrons. The maximum atomic E-state index is 12.6. The van der Waals surface area contributed by atoms with Crippen LogP contribution in [0, 0.1) is 0 Å². The first-order valence-corrected chi connectivity index (χ1v) is 10.2. The molecule has 31 heavy (non-hydrogen) atoms. The van der Waals surface area contributed by atoms with Crippen LogP contribution in [0.25, 0.3) is 0 Å². The van der Waals surface area contributed by atoms with E-state index in [1.165, 1.54) is 18.2 Å². The van der Waals surface area contributed by atoms with Crippen molar-refractivity contribution >= 4 is 27.3 Å². The van der Waals surface area contributed by atoms with Gasteiger partial charge in [-0.05, 0) is 54.6 Å². The zero-order chi connectivity index (χ0) is 22.2. The molecule has 3 aromatic carbocycles. The lowest BCUT2D eigenvalue weighted by Gasteiger charge is -2.12. The quantitative estimate of drug-likeness (QED) is 0.599. The van der Waals surface area contributed by atoms with Crippen LogP contribution in [0.3, 0.4) is 0 Å². The van der Waals surface area contributed by atoms with Crippen molar-refractivity contribution in [3.05, 3.63) is 72.3 Å². The van der Waals surface area contributed by atoms with E-state index in [1.54, 1.807) is 24.3 Å². The van der Waals surface area contributed by atoms with E-state index in [1.807, 2.05) is 0 Å². The van der Waals surface area contributed by atoms with Crippen LogP contribution in [0.15, 0.2) is 71.6 Å². The van der Waals surface area contributed by atoms with Crippen molar-refractivity contribution < 1.29 is 35.9 Å². The number of benzene rings is 3. The minimum Gasteiger partial charge on any atom is -0.454 e. The molecule has 0 saturated carbocycles. The van der Waals surface area contributed by atoms with Crippen molar-refractivity contribution in [2.75, 3.05) is 10.0 Å². The first-order valence-electron chi connectivity index (χ1n) is 8.72. The number of ether oxygens (including phenoxy) is 2. The van der Waals surface area contributed by atoms with Crippen LogP contribution in [0.1, 0.15) is 10.4 Å². The normalized spacial score (nSPS) is 13.2. The zero-order valence-electron chi connectivity index (χ0n) is 15.4. The number of para-hydroxylation sites is 2. The average molecular weight is 450 g/mol. The maximum Gasteiger partial charge on any atom is 0.573 e. The van der Waals surface area contributed by atoms with Crippen LogP contribution < -0.4 is 19.5 Å². The van der Waals surface area contributed by atoms with E-state index in [4.69, 9.17) is 4.74 Å². The average Bonchev–Trinajstić information content (AvgIpc) is 2.83. The van der Waals surface area contributed by atoms with Gasteiger partial charge in [-0.15, -0.1) is 13.2 Å². The van der Waals surface area contributed by atoms with E-state index in [-0.39, 0.29) is 21.9 Å². The second-order valence-corrected chi connectivity index (χ2v) is 8.07. The van der Waals surface area contributed by atoms with Crippen molar-refractivity contribution in [3.8, 4) is 17.2 Å². The third kappa shape index (κ3) is 4.56. The van der Waals surface area contributed by atoms with Gasteiger partial charge in [-0.1, -0.05) is 12.1 Å². The van der Waals surface area contributed by atoms with Gasteiger partial charge in [0, 0.05) is 5.69 Å². The lowest BCUT2D eigenvalue weighted by molar-refractivity contribution is -0.274. The van der Waals surface area contributed by atoms with Crippen molar-refractivity contribution in [2.24, 2.45) is 0 Å². The SMILES string of the molecule is O=C1Nc2ccccc2Oc2ccc(NS(=O)(=O)c3ccc(OC(F)(F)F)cc3)cc21. The number of hydrogen-bond acceptors (Lipinski definition) is 5. The third-order valence-electron chi connectivity index (χ3n) is 4.20. The first kappa shape index (κ1) is 20.5. The highest BCUT2D eigenvalue weighted by atomic mass is 32.2. The molecule has 0 spiro atoms. The van der Waals surface area contributed by atoms with Gasteiger partial charge in [-0.3, -0.25) is 9.52 Å². The number of halogens is 3. The van der Waals surface area contributed by atoms with Gasteiger partial charge in [0.05, 0.1) is 16.1 Å². The second kappa shape index (κ2) is 7.51. The summed E-state index contributed by atoms with van der Waals surface area (Å²) >= 11 is 0. The summed E-state index contributed by atoms with van der Waals surface area (Å²) in [6, 6.07) is 14.7. The lowest BCUT2D eigenvalue weighted by Crippen LogP contribution is -2.17. The number of amides is 1. The molecule has 2 N–H and O–H groups in total. The van der Waals surface area contributed by atoms with Gasteiger partial charge in [0.1, 0.15) is 11.5 Å². The molecule has 0 bridgehead atoms. The maximum absolute atomic E-state index is 12.6. The molecule has 3 aromatic rings. The van der Waals surface area contributed by atoms with E-state index in [0.29, 0.717) is 11.4 Å². The van der Waals surface area contributed by atoms with Gasteiger partial charge >= 0.3 is 6.36 Å². The molecular formula is C20H13F3N2O5S. The molecular weight excluding hydrogens is 437 g/mol. The molecule has 7 nitrogen and oxygen atoms in total. The number of nitrogens with one attached hydrogen (secondary N) is 2. The minimum absolute atomic E-state index is 0.0686. The Bertz CT molecular complexity index is 1260. The van der Waals surface area contributed by atoms with E-state index in [0.717, 1.165) is 24.3 Å². The van der Waals surface area contributed by atoms with Crippen molar-refractivity contribution in [2.45, 2.75) is 11.3 Å². The highest BCUT2D eigenvalue weighted by Gasteiger charge is 2.31. The Morgan fingerprint density at radius 3 is 2.35 bits per heavy atom. The fourth-order valence-corrected chi connectivity index (χ4v) is 3.91. The van der Waals surface area contributed by atoms with Crippen LogP contribution in [0.4, 0.5) is 24.5 Å². The fraction of sp³-hybridized carbons (Fsp3) is 0.0500. The fourth-order valence-electron chi connectivity index (χ4n) is 2.86. The summed E-state index contributed by atoms with van der Waals surface area (Å²) in [5, 5.41) is 2.68. The number of hydrogen-bond donors (Lipinski definition) is 2. The van der Waals surface area contributed by atoms with E-state index in [2.05, 4.69) is 14.8 Å². The van der Waals surface area contributed by atoms with Gasteiger partial charge < -0.3 is 14.8 Å². The minimum atomic E-state index is -4.89. The smallest absolute Gasteiger partial charge is 0.454 e. The molecule has 0 saturated heterocycles. The Morgan fingerprint density at radius 1 is 0.935 bits per heavy atom. The van der Waals surface area contributed by atoms with Gasteiger partial charge in [0.25, 0.3) is 15.9 Å². The highest BCUT2D eigenvalue weighted by molar-refractivity contribution is 7.92. The van der Waals surface area contributed by atoms with Crippen molar-refractivity contribution in [3.63, 3.8) is 0 Å². The monoisotopic (exact) mass is 450 g/mol. The number of fused-ring (bicyclic) bond motifs is 2. The summed E-state index contributed by atoms with van der Waals surface area (Å²) in [6.07, 6.45) is -4.89. The van der Waals surface area contributed by atoms with Crippen molar-refractivity contribution in [1.29, 1.82) is 0 Å². The molecule has 0 fully saturated rings. The Hall–Kier alpha value is -3.73. The molecule has 1 amide bonds. The van der Waals surface area contributed by atoms with Crippen LogP contribution in [-0.4, -0.2) is 20.7 Å². The summed E-state index contributed by atoms with van der Waals surface area (Å²) in [7, 11) is -4.14. The summed E-state index contributed by atoms with van der Waals surface area (Å²) < 4.78 is 73.7. The summed E-state index contributed by atoms with van der Waals surface area (Å²) in [5.41, 5.74) is 0.636. The molecule has 1 aliphatic rings. The molecule has 1 aliphatic heterocycles. The van der Waals surface area contributed by atoms with Gasteiger partial charge in [-0.2, -0.15) is 0 Å². The standard InChI is InChI=1S/C20H13F3N2O5S/c21-20(22,23)30-13-6-8-14(9-7-13)31(27,28)25-12-5-10-17-15(11-12)19(26)24-16-3-1-2-4-18(16)29-17/h1-11,25H,(H,24,26). The molecule has 0 atom stereocenters. The number of anilines is 2. The number of carbonyl (C=O) groups is 1. The van der Waals surface area contributed by atoms with E-state index >= 15 is 0 Å². The molecule has 4 rings (SSSR count). The van der Waals surface area contributed by atoms with Gasteiger partial charge in [0.2, 0.25) is 0 Å². The number of sulfonamides is 1. The molecule has 1 heterocycles. The summed E-state index contributed by atoms with van der Waals surface area (Å²) in [5.74, 6) is -0.373. The Labute approximate surface area is 174 Å². The molecule has 11 heteroatoms. The van der Waals surface area contributed by atoms with E-state index in [9.17, 15) is 26.4 Å². The van der Waals surface area contributed by atoms with Crippen LogP contribution in [0.2, 0.25) is 0 Å². The predicted octanol–water partition coefficient (Wildman–Crippen LogP) is 4.74. The van der Waals surface area contributed by atoms with Crippen LogP contribution >= 0.6 is 0 Å². The Balaban J connectivity index is 1.57. The van der Waals surface area contributed by atoms with Gasteiger partial charge in [0.15, 0.2) is 5.75 Å². The second-order valence-electron chi connectivity index (χ2n) is 6.39. The number of alkyl halides is 3. The topological polar surface area (TPSA) is 93.7 Å². The first-order chi connectivity index (χ1) is 14.6. The summed E-state index contributed by atoms with van der Waals surface area (Å²) in [4.78, 5) is 12.2. The number of rotatable bonds is 4. The largest absolute Gasteiger partial charge is 0.573 e. The Morgan fingerprint density at radius 2 is 1.65 bits per heavy atom. The zero-order valence-corrected chi connectivity index (χ0v) is 16.3. The van der Waals surface area contributed by atoms with Crippen LogP contribution in [-0.2, 0) is 10.0 Å². The van der Waals surface area contributed by atoms with Gasteiger partial charge in [-0.25, -0.2) is 8.42 Å². The van der Waals surface area contributed by atoms with Crippen molar-refractivity contribution in [1.82, 2.24) is 0 Å². The molecule has 0 aliphatic carbocycles. The summed E-state index contributed by atoms with van der Waals surface area (Å²) in [6.45, 7) is 0. The predicted molar refractivity (Wildman–Crippen MR) is 105 cm³/mol. The third-order valence-corrected chi connectivity index (χ3v) is 5.60. The highest BCUT2D eigenvalue weighted by Crippen LogP contribution is 2.36. The lowest BCUT2D eigenvalue weighted by atomic mass is 10.1. The van der Waals surface area contributed by atoms with Crippen LogP contribution in [0.5, 0.6) is 17.2 Å². The van der Waals surface area contributed by atoms with E-state index < -0.39 is 28.0 Å². The molecule has 0 radical (unpaired) electrons. The number of carbonyl (C=O) groups excluding carboxylic acids is 1.